The number of non-ortho nitro benzene ring substituents is 2. The third-order valence-electron chi connectivity index (χ3n) is 8.31. The van der Waals surface area contributed by atoms with Crippen LogP contribution in [0.15, 0.2) is 48.5 Å². The molecule has 0 spiro atoms. The van der Waals surface area contributed by atoms with Gasteiger partial charge in [0.25, 0.3) is 11.4 Å². The number of amides is 4. The summed E-state index contributed by atoms with van der Waals surface area (Å²) in [4.78, 5) is 75.5. The molecule has 2 aliphatic rings. The molecule has 48 heavy (non-hydrogen) atoms. The van der Waals surface area contributed by atoms with E-state index >= 15 is 0 Å². The molecule has 4 atom stereocenters. The third kappa shape index (κ3) is 8.21. The van der Waals surface area contributed by atoms with Gasteiger partial charge in [-0.1, -0.05) is 65.8 Å². The molecule has 260 valence electrons. The van der Waals surface area contributed by atoms with Crippen LogP contribution in [0.2, 0.25) is 0 Å². The van der Waals surface area contributed by atoms with Crippen molar-refractivity contribution in [3.63, 3.8) is 0 Å². The van der Waals surface area contributed by atoms with Crippen molar-refractivity contribution in [1.82, 2.24) is 19.6 Å². The van der Waals surface area contributed by atoms with Gasteiger partial charge in [0.15, 0.2) is 0 Å². The number of carbonyl (C=O) groups is 4. The molecule has 0 saturated carbocycles. The van der Waals surface area contributed by atoms with E-state index in [1.807, 2.05) is 41.5 Å². The number of nitro benzene ring substituents is 2. The fraction of sp³-hybridized carbons (Fsp3) is 0.500. The summed E-state index contributed by atoms with van der Waals surface area (Å²) >= 11 is 11.5. The molecule has 2 aromatic rings. The van der Waals surface area contributed by atoms with Crippen molar-refractivity contribution in [2.75, 3.05) is 14.1 Å². The molecule has 0 radical (unpaired) electrons. The van der Waals surface area contributed by atoms with Gasteiger partial charge in [-0.05, 0) is 34.3 Å². The van der Waals surface area contributed by atoms with Crippen molar-refractivity contribution in [3.8, 4) is 0 Å². The highest BCUT2D eigenvalue weighted by atomic mass is 35.5. The van der Waals surface area contributed by atoms with Gasteiger partial charge >= 0.3 is 10.7 Å². The average Bonchev–Trinajstić information content (AvgIpc) is 3.39. The molecule has 2 saturated heterocycles. The van der Waals surface area contributed by atoms with Crippen molar-refractivity contribution in [1.29, 1.82) is 0 Å². The molecule has 2 heterocycles. The highest BCUT2D eigenvalue weighted by Crippen LogP contribution is 2.37. The van der Waals surface area contributed by atoms with Gasteiger partial charge in [0.1, 0.15) is 24.4 Å². The van der Waals surface area contributed by atoms with Crippen LogP contribution in [0.5, 0.6) is 0 Å². The van der Waals surface area contributed by atoms with Gasteiger partial charge in [0.05, 0.1) is 9.85 Å². The Kier molecular flexibility index (Phi) is 11.5. The van der Waals surface area contributed by atoms with Crippen molar-refractivity contribution in [2.45, 2.75) is 78.8 Å². The predicted molar refractivity (Wildman–Crippen MR) is 179 cm³/mol. The topological polar surface area (TPSA) is 168 Å². The number of hydrogen-bond donors (Lipinski definition) is 0. The molecule has 4 rings (SSSR count). The molecule has 2 aromatic carbocycles. The van der Waals surface area contributed by atoms with Crippen LogP contribution in [0.1, 0.15) is 52.7 Å². The van der Waals surface area contributed by atoms with Crippen molar-refractivity contribution < 1.29 is 29.0 Å². The van der Waals surface area contributed by atoms with E-state index in [-0.39, 0.29) is 46.9 Å². The quantitative estimate of drug-likeness (QED) is 0.152. The molecule has 16 heteroatoms. The molecule has 2 fully saturated rings. The summed E-state index contributed by atoms with van der Waals surface area (Å²) in [5.74, 6) is -0.385. The van der Waals surface area contributed by atoms with Crippen LogP contribution in [0.25, 0.3) is 0 Å². The van der Waals surface area contributed by atoms with Crippen molar-refractivity contribution in [3.05, 3.63) is 79.9 Å². The Hall–Kier alpha value is -4.30. The van der Waals surface area contributed by atoms with Gasteiger partial charge in [-0.25, -0.2) is 0 Å². The van der Waals surface area contributed by atoms with E-state index < -0.39 is 45.0 Å². The number of likely N-dealkylation sites (N-methyl/N-ethyl adjacent to an activating group) is 2. The second-order valence-electron chi connectivity index (χ2n) is 14.0. The summed E-state index contributed by atoms with van der Waals surface area (Å²) in [7, 11) is 3.31. The third-order valence-corrected chi connectivity index (χ3v) is 8.70. The Bertz CT molecular complexity index is 1460. The van der Waals surface area contributed by atoms with Crippen molar-refractivity contribution in [2.24, 2.45) is 10.8 Å². The molecule has 4 amide bonds. The molecule has 0 unspecified atom stereocenters. The van der Waals surface area contributed by atoms with Crippen LogP contribution in [-0.4, -0.2) is 90.5 Å². The molecule has 0 aliphatic carbocycles. The molecular weight excluding hydrogens is 667 g/mol. The smallest absolute Gasteiger partial charge is 0.318 e. The molecular formula is C32H40Cl2N6O8. The van der Waals surface area contributed by atoms with Crippen LogP contribution < -0.4 is 0 Å². The molecule has 0 aromatic heterocycles. The Balaban J connectivity index is 0.000000260. The van der Waals surface area contributed by atoms with Crippen molar-refractivity contribution >= 4 is 57.1 Å². The summed E-state index contributed by atoms with van der Waals surface area (Å²) < 4.78 is 0. The van der Waals surface area contributed by atoms with Crippen LogP contribution in [0, 0.1) is 31.1 Å². The predicted octanol–water partition coefficient (Wildman–Crippen LogP) is 6.02. The molecule has 2 aliphatic heterocycles. The van der Waals surface area contributed by atoms with E-state index in [1.165, 1.54) is 43.9 Å². The molecule has 14 nitrogen and oxygen atoms in total. The van der Waals surface area contributed by atoms with E-state index in [2.05, 4.69) is 0 Å². The first kappa shape index (κ1) is 38.2. The lowest BCUT2D eigenvalue weighted by Crippen LogP contribution is -2.49. The van der Waals surface area contributed by atoms with E-state index in [1.54, 1.807) is 38.4 Å². The molecule has 0 N–H and O–H groups in total. The zero-order chi connectivity index (χ0) is 36.5. The minimum absolute atomic E-state index is 0.0218. The van der Waals surface area contributed by atoms with Gasteiger partial charge in [0, 0.05) is 62.0 Å². The lowest BCUT2D eigenvalue weighted by atomic mass is 9.91. The van der Waals surface area contributed by atoms with Gasteiger partial charge in [0.2, 0.25) is 11.8 Å². The highest BCUT2D eigenvalue weighted by molar-refractivity contribution is 6.63. The maximum absolute atomic E-state index is 12.6. The number of carbonyl (C=O) groups excluding carboxylic acids is 4. The summed E-state index contributed by atoms with van der Waals surface area (Å²) in [6.45, 7) is 11.6. The normalized spacial score (nSPS) is 21.3. The summed E-state index contributed by atoms with van der Waals surface area (Å²) in [6.07, 6.45) is -0.380. The largest absolute Gasteiger partial charge is 0.323 e. The fourth-order valence-electron chi connectivity index (χ4n) is 6.42. The van der Waals surface area contributed by atoms with Crippen LogP contribution >= 0.6 is 23.2 Å². The number of rotatable bonds is 6. The van der Waals surface area contributed by atoms with Gasteiger partial charge in [-0.3, -0.25) is 49.2 Å². The average molecular weight is 708 g/mol. The maximum Gasteiger partial charge on any atom is 0.318 e. The SMILES string of the molecule is CN1C(=O)[C@H](Cc2ccc([N+](=O)[O-])cc2)N(C(=O)Cl)[C@H]1C(C)(C)C.CN1C(=O)[C@H](Cc2ccc([N+](=O)[O-])cc2)N(C(=O)Cl)[C@H]1C(C)(C)C. The lowest BCUT2D eigenvalue weighted by molar-refractivity contribution is -0.385. The first-order chi connectivity index (χ1) is 22.1. The van der Waals surface area contributed by atoms with Crippen LogP contribution in [-0.2, 0) is 22.4 Å². The number of nitrogens with zero attached hydrogens (tertiary/aromatic N) is 6. The first-order valence-corrected chi connectivity index (χ1v) is 15.8. The minimum Gasteiger partial charge on any atom is -0.323 e. The monoisotopic (exact) mass is 706 g/mol. The highest BCUT2D eigenvalue weighted by Gasteiger charge is 2.52. The minimum atomic E-state index is -0.717. The Morgan fingerprint density at radius 1 is 0.646 bits per heavy atom. The zero-order valence-electron chi connectivity index (χ0n) is 28.0. The van der Waals surface area contributed by atoms with E-state index in [4.69, 9.17) is 23.2 Å². The Labute approximate surface area is 288 Å². The van der Waals surface area contributed by atoms with Gasteiger partial charge < -0.3 is 9.80 Å². The van der Waals surface area contributed by atoms with Crippen LogP contribution in [0.4, 0.5) is 21.0 Å². The summed E-state index contributed by atoms with van der Waals surface area (Å²) in [6, 6.07) is 10.5. The Morgan fingerprint density at radius 3 is 1.12 bits per heavy atom. The zero-order valence-corrected chi connectivity index (χ0v) is 29.6. The van der Waals surface area contributed by atoms with Crippen LogP contribution in [0.3, 0.4) is 0 Å². The number of benzene rings is 2. The first-order valence-electron chi connectivity index (χ1n) is 15.0. The molecule has 0 bridgehead atoms. The number of hydrogen-bond acceptors (Lipinski definition) is 8. The van der Waals surface area contributed by atoms with Gasteiger partial charge in [-0.15, -0.1) is 0 Å². The summed E-state index contributed by atoms with van der Waals surface area (Å²) in [5, 5.41) is 20.1. The second-order valence-corrected chi connectivity index (χ2v) is 14.6. The van der Waals surface area contributed by atoms with E-state index in [9.17, 15) is 39.4 Å². The number of nitro groups is 2. The van der Waals surface area contributed by atoms with E-state index in [0.29, 0.717) is 0 Å². The summed E-state index contributed by atoms with van der Waals surface area (Å²) in [5.41, 5.74) is 0.686. The lowest BCUT2D eigenvalue weighted by Gasteiger charge is -2.37. The Morgan fingerprint density at radius 2 is 0.917 bits per heavy atom. The second kappa shape index (κ2) is 14.4. The standard InChI is InChI=1S/2C16H20ClN3O4/c2*1-16(2,3)14-18(4)13(21)12(19(14)15(17)22)9-10-5-7-11(8-6-10)20(23)24/h2*5-8,12,14H,9H2,1-4H3/t2*12-,14-/m00/s1. The number of halogens is 2. The fourth-order valence-corrected chi connectivity index (χ4v) is 6.84. The van der Waals surface area contributed by atoms with E-state index in [0.717, 1.165) is 11.1 Å². The van der Waals surface area contributed by atoms with Gasteiger partial charge in [-0.2, -0.15) is 0 Å². The maximum atomic E-state index is 12.6.